The van der Waals surface area contributed by atoms with E-state index in [9.17, 15) is 18.0 Å². The maximum atomic E-state index is 12.0. The molecular weight excluding hydrogens is 308 g/mol. The van der Waals surface area contributed by atoms with Crippen LogP contribution in [0.5, 0.6) is 0 Å². The Balaban J connectivity index is 2.40. The van der Waals surface area contributed by atoms with Crippen molar-refractivity contribution in [3.63, 3.8) is 0 Å². The van der Waals surface area contributed by atoms with Crippen LogP contribution in [0.4, 0.5) is 0 Å². The third-order valence-corrected chi connectivity index (χ3v) is 6.02. The molecule has 128 valence electrons. The van der Waals surface area contributed by atoms with Crippen molar-refractivity contribution >= 4 is 21.9 Å². The van der Waals surface area contributed by atoms with E-state index in [0.29, 0.717) is 19.5 Å². The molecule has 1 fully saturated rings. The van der Waals surface area contributed by atoms with Gasteiger partial charge in [0.1, 0.15) is 6.04 Å². The molecule has 2 atom stereocenters. The molecule has 22 heavy (non-hydrogen) atoms. The lowest BCUT2D eigenvalue weighted by molar-refractivity contribution is -0.143. The van der Waals surface area contributed by atoms with Gasteiger partial charge in [-0.25, -0.2) is 17.5 Å². The third-order valence-electron chi connectivity index (χ3n) is 4.06. The van der Waals surface area contributed by atoms with Gasteiger partial charge in [-0.15, -0.1) is 0 Å². The molecule has 0 unspecified atom stereocenters. The largest absolute Gasteiger partial charge is 0.480 e. The second kappa shape index (κ2) is 8.47. The van der Waals surface area contributed by atoms with Crippen LogP contribution in [0, 0.1) is 5.92 Å². The van der Waals surface area contributed by atoms with E-state index in [1.165, 1.54) is 4.31 Å². The van der Waals surface area contributed by atoms with E-state index in [4.69, 9.17) is 5.11 Å². The van der Waals surface area contributed by atoms with E-state index < -0.39 is 27.9 Å². The Kier molecular flexibility index (Phi) is 7.28. The molecule has 1 aliphatic rings. The van der Waals surface area contributed by atoms with Crippen LogP contribution in [0.25, 0.3) is 0 Å². The highest BCUT2D eigenvalue weighted by molar-refractivity contribution is 7.89. The fourth-order valence-electron chi connectivity index (χ4n) is 2.44. The number of carbonyl (C=O) groups is 2. The van der Waals surface area contributed by atoms with Gasteiger partial charge in [-0.05, 0) is 25.2 Å². The van der Waals surface area contributed by atoms with Crippen molar-refractivity contribution in [2.75, 3.05) is 18.8 Å². The Morgan fingerprint density at radius 1 is 1.27 bits per heavy atom. The summed E-state index contributed by atoms with van der Waals surface area (Å²) in [5.74, 6) is -1.71. The van der Waals surface area contributed by atoms with Gasteiger partial charge in [0.05, 0.1) is 5.75 Å². The fraction of sp³-hybridized carbons (Fsp3) is 0.857. The summed E-state index contributed by atoms with van der Waals surface area (Å²) in [6.07, 6.45) is 2.63. The van der Waals surface area contributed by atoms with Gasteiger partial charge in [0.15, 0.2) is 0 Å². The number of carboxylic acid groups (broad SMARTS) is 1. The minimum atomic E-state index is -3.28. The number of sulfonamides is 1. The van der Waals surface area contributed by atoms with E-state index in [1.807, 2.05) is 6.92 Å². The van der Waals surface area contributed by atoms with E-state index in [1.54, 1.807) is 6.92 Å². The monoisotopic (exact) mass is 334 g/mol. The first-order valence-electron chi connectivity index (χ1n) is 7.78. The molecular formula is C14H26N2O5S. The third kappa shape index (κ3) is 5.57. The van der Waals surface area contributed by atoms with Crippen molar-refractivity contribution in [1.29, 1.82) is 0 Å². The number of carbonyl (C=O) groups excluding carboxylic acids is 1. The van der Waals surface area contributed by atoms with Crippen LogP contribution in [-0.2, 0) is 19.6 Å². The van der Waals surface area contributed by atoms with Crippen LogP contribution in [0.3, 0.4) is 0 Å². The lowest BCUT2D eigenvalue weighted by atomic mass is 9.99. The molecule has 8 heteroatoms. The lowest BCUT2D eigenvalue weighted by Crippen LogP contribution is -2.45. The number of hydrogen-bond acceptors (Lipinski definition) is 4. The molecule has 7 nitrogen and oxygen atoms in total. The molecule has 0 aliphatic carbocycles. The minimum Gasteiger partial charge on any atom is -0.480 e. The summed E-state index contributed by atoms with van der Waals surface area (Å²) in [4.78, 5) is 22.9. The van der Waals surface area contributed by atoms with Crippen LogP contribution in [0.2, 0.25) is 0 Å². The molecule has 0 spiro atoms. The number of amides is 1. The van der Waals surface area contributed by atoms with Gasteiger partial charge >= 0.3 is 5.97 Å². The van der Waals surface area contributed by atoms with Gasteiger partial charge in [0.2, 0.25) is 15.9 Å². The van der Waals surface area contributed by atoms with Gasteiger partial charge in [-0.1, -0.05) is 20.3 Å². The van der Waals surface area contributed by atoms with Crippen LogP contribution in [0.1, 0.15) is 46.0 Å². The first-order chi connectivity index (χ1) is 10.3. The van der Waals surface area contributed by atoms with Gasteiger partial charge in [0.25, 0.3) is 0 Å². The molecule has 1 amide bonds. The predicted molar refractivity (Wildman–Crippen MR) is 82.8 cm³/mol. The fourth-order valence-corrected chi connectivity index (χ4v) is 4.02. The van der Waals surface area contributed by atoms with Crippen LogP contribution < -0.4 is 5.32 Å². The number of aliphatic carboxylic acids is 1. The molecule has 1 aliphatic heterocycles. The average molecular weight is 334 g/mol. The smallest absolute Gasteiger partial charge is 0.326 e. The molecule has 0 aromatic carbocycles. The number of rotatable bonds is 9. The van der Waals surface area contributed by atoms with E-state index >= 15 is 0 Å². The molecule has 1 saturated heterocycles. The summed E-state index contributed by atoms with van der Waals surface area (Å²) in [6, 6.07) is -0.923. The number of nitrogens with zero attached hydrogens (tertiary/aromatic N) is 1. The highest BCUT2D eigenvalue weighted by Crippen LogP contribution is 2.14. The number of hydrogen-bond donors (Lipinski definition) is 2. The van der Waals surface area contributed by atoms with Gasteiger partial charge in [0, 0.05) is 19.5 Å². The second-order valence-electron chi connectivity index (χ2n) is 5.79. The zero-order valence-corrected chi connectivity index (χ0v) is 14.1. The Bertz CT molecular complexity index is 485. The number of carboxylic acids is 1. The van der Waals surface area contributed by atoms with E-state index in [-0.39, 0.29) is 24.5 Å². The first kappa shape index (κ1) is 18.9. The van der Waals surface area contributed by atoms with Crippen molar-refractivity contribution in [2.24, 2.45) is 5.92 Å². The first-order valence-corrected chi connectivity index (χ1v) is 9.39. The zero-order chi connectivity index (χ0) is 16.8. The summed E-state index contributed by atoms with van der Waals surface area (Å²) in [5, 5.41) is 11.6. The molecule has 0 bridgehead atoms. The summed E-state index contributed by atoms with van der Waals surface area (Å²) in [5.41, 5.74) is 0. The van der Waals surface area contributed by atoms with Gasteiger partial charge in [-0.3, -0.25) is 4.79 Å². The molecule has 0 saturated carbocycles. The van der Waals surface area contributed by atoms with E-state index in [2.05, 4.69) is 5.32 Å². The summed E-state index contributed by atoms with van der Waals surface area (Å²) in [6.45, 7) is 4.74. The molecule has 0 aromatic heterocycles. The standard InChI is InChI=1S/C14H26N2O5S/c1-3-11(2)13(14(18)19)15-12(17)7-6-10-22(20,21)16-8-4-5-9-16/h11,13H,3-10H2,1-2H3,(H,15,17)(H,18,19)/t11-,13-/m0/s1. The topological polar surface area (TPSA) is 104 Å². The van der Waals surface area contributed by atoms with Crippen molar-refractivity contribution in [1.82, 2.24) is 9.62 Å². The lowest BCUT2D eigenvalue weighted by Gasteiger charge is -2.20. The number of nitrogens with one attached hydrogen (secondary N) is 1. The zero-order valence-electron chi connectivity index (χ0n) is 13.2. The predicted octanol–water partition coefficient (Wildman–Crippen LogP) is 0.808. The van der Waals surface area contributed by atoms with Gasteiger partial charge < -0.3 is 10.4 Å². The van der Waals surface area contributed by atoms with Crippen molar-refractivity contribution in [2.45, 2.75) is 52.0 Å². The quantitative estimate of drug-likeness (QED) is 0.649. The van der Waals surface area contributed by atoms with Crippen molar-refractivity contribution in [3.8, 4) is 0 Å². The van der Waals surface area contributed by atoms with Gasteiger partial charge in [-0.2, -0.15) is 0 Å². The second-order valence-corrected chi connectivity index (χ2v) is 7.88. The maximum Gasteiger partial charge on any atom is 0.326 e. The minimum absolute atomic E-state index is 0.0211. The summed E-state index contributed by atoms with van der Waals surface area (Å²) >= 11 is 0. The highest BCUT2D eigenvalue weighted by Gasteiger charge is 2.27. The Hall–Kier alpha value is -1.15. The van der Waals surface area contributed by atoms with Crippen LogP contribution >= 0.6 is 0 Å². The molecule has 2 N–H and O–H groups in total. The highest BCUT2D eigenvalue weighted by atomic mass is 32.2. The summed E-state index contributed by atoms with van der Waals surface area (Å²) in [7, 11) is -3.28. The molecule has 1 rings (SSSR count). The van der Waals surface area contributed by atoms with Crippen molar-refractivity contribution in [3.05, 3.63) is 0 Å². The SMILES string of the molecule is CC[C@H](C)[C@H](NC(=O)CCCS(=O)(=O)N1CCCC1)C(=O)O. The Labute approximate surface area is 132 Å². The molecule has 0 radical (unpaired) electrons. The summed E-state index contributed by atoms with van der Waals surface area (Å²) < 4.78 is 25.5. The van der Waals surface area contributed by atoms with Crippen LogP contribution in [0.15, 0.2) is 0 Å². The van der Waals surface area contributed by atoms with Crippen molar-refractivity contribution < 1.29 is 23.1 Å². The normalized spacial score (nSPS) is 18.8. The Morgan fingerprint density at radius 3 is 2.36 bits per heavy atom. The molecule has 1 heterocycles. The molecule has 0 aromatic rings. The average Bonchev–Trinajstić information content (AvgIpc) is 2.98. The van der Waals surface area contributed by atoms with Crippen LogP contribution in [-0.4, -0.2) is 54.6 Å². The Morgan fingerprint density at radius 2 is 1.86 bits per heavy atom. The maximum absolute atomic E-state index is 12.0. The van der Waals surface area contributed by atoms with E-state index in [0.717, 1.165) is 12.8 Å².